The molecule has 3 nitrogen and oxygen atoms in total. The molecule has 1 rings (SSSR count). The van der Waals surface area contributed by atoms with E-state index in [9.17, 15) is 4.79 Å². The number of carboxylic acids is 1. The highest BCUT2D eigenvalue weighted by Crippen LogP contribution is 2.24. The van der Waals surface area contributed by atoms with Gasteiger partial charge in [0.1, 0.15) is 0 Å². The lowest BCUT2D eigenvalue weighted by Gasteiger charge is -2.18. The molecule has 2 unspecified atom stereocenters. The number of carboxylic acid groups (broad SMARTS) is 1. The monoisotopic (exact) mass is 235 g/mol. The molecule has 94 valence electrons. The molecule has 1 aromatic rings. The Morgan fingerprint density at radius 1 is 1.41 bits per heavy atom. The Labute approximate surface area is 103 Å². The average molecular weight is 235 g/mol. The van der Waals surface area contributed by atoms with Crippen molar-refractivity contribution in [1.82, 2.24) is 0 Å². The van der Waals surface area contributed by atoms with E-state index in [-0.39, 0.29) is 18.4 Å². The number of hydrogen-bond donors (Lipinski definition) is 2. The second kappa shape index (κ2) is 5.82. The van der Waals surface area contributed by atoms with Crippen LogP contribution in [-0.2, 0) is 4.79 Å². The third kappa shape index (κ3) is 4.19. The van der Waals surface area contributed by atoms with Gasteiger partial charge in [-0.3, -0.25) is 4.79 Å². The molecule has 2 atom stereocenters. The van der Waals surface area contributed by atoms with Crippen molar-refractivity contribution in [2.45, 2.75) is 39.7 Å². The van der Waals surface area contributed by atoms with Gasteiger partial charge in [-0.2, -0.15) is 0 Å². The van der Waals surface area contributed by atoms with E-state index >= 15 is 0 Å². The van der Waals surface area contributed by atoms with Crippen LogP contribution >= 0.6 is 0 Å². The Balaban J connectivity index is 2.69. The van der Waals surface area contributed by atoms with E-state index in [4.69, 9.17) is 10.8 Å². The van der Waals surface area contributed by atoms with Gasteiger partial charge in [0.15, 0.2) is 0 Å². The average Bonchev–Trinajstić information content (AvgIpc) is 2.15. The summed E-state index contributed by atoms with van der Waals surface area (Å²) in [5, 5.41) is 8.72. The van der Waals surface area contributed by atoms with E-state index in [0.29, 0.717) is 6.42 Å². The second-order valence-corrected chi connectivity index (χ2v) is 4.91. The summed E-state index contributed by atoms with van der Waals surface area (Å²) in [4.78, 5) is 10.6. The van der Waals surface area contributed by atoms with E-state index in [1.165, 1.54) is 11.1 Å². The fourth-order valence-electron chi connectivity index (χ4n) is 2.18. The first-order valence-corrected chi connectivity index (χ1v) is 5.94. The van der Waals surface area contributed by atoms with Gasteiger partial charge in [-0.05, 0) is 37.3 Å². The standard InChI is InChI=1S/C14H21NO2/c1-9-4-5-12(11(3)6-9)13(15)7-10(2)8-14(16)17/h4-6,10,13H,7-8,15H2,1-3H3,(H,16,17). The molecular weight excluding hydrogens is 214 g/mol. The van der Waals surface area contributed by atoms with Crippen LogP contribution in [0.3, 0.4) is 0 Å². The molecule has 0 saturated heterocycles. The minimum absolute atomic E-state index is 0.0788. The summed E-state index contributed by atoms with van der Waals surface area (Å²) >= 11 is 0. The van der Waals surface area contributed by atoms with Gasteiger partial charge in [-0.15, -0.1) is 0 Å². The van der Waals surface area contributed by atoms with Gasteiger partial charge < -0.3 is 10.8 Å². The molecule has 0 aliphatic carbocycles. The van der Waals surface area contributed by atoms with Gasteiger partial charge in [0.25, 0.3) is 0 Å². The van der Waals surface area contributed by atoms with Crippen molar-refractivity contribution < 1.29 is 9.90 Å². The van der Waals surface area contributed by atoms with Gasteiger partial charge in [0.05, 0.1) is 0 Å². The van der Waals surface area contributed by atoms with E-state index in [2.05, 4.69) is 13.0 Å². The van der Waals surface area contributed by atoms with Gasteiger partial charge in [-0.1, -0.05) is 30.7 Å². The van der Waals surface area contributed by atoms with Crippen LogP contribution in [0.25, 0.3) is 0 Å². The SMILES string of the molecule is Cc1ccc(C(N)CC(C)CC(=O)O)c(C)c1. The zero-order chi connectivity index (χ0) is 13.0. The van der Waals surface area contributed by atoms with Crippen molar-refractivity contribution in [3.05, 3.63) is 34.9 Å². The van der Waals surface area contributed by atoms with Crippen LogP contribution in [0.4, 0.5) is 0 Å². The molecule has 0 heterocycles. The topological polar surface area (TPSA) is 63.3 Å². The highest BCUT2D eigenvalue weighted by Gasteiger charge is 2.15. The first kappa shape index (κ1) is 13.7. The summed E-state index contributed by atoms with van der Waals surface area (Å²) < 4.78 is 0. The van der Waals surface area contributed by atoms with Crippen molar-refractivity contribution in [3.8, 4) is 0 Å². The summed E-state index contributed by atoms with van der Waals surface area (Å²) in [7, 11) is 0. The Morgan fingerprint density at radius 2 is 2.06 bits per heavy atom. The van der Waals surface area contributed by atoms with Crippen LogP contribution in [0.2, 0.25) is 0 Å². The van der Waals surface area contributed by atoms with Gasteiger partial charge in [-0.25, -0.2) is 0 Å². The smallest absolute Gasteiger partial charge is 0.303 e. The predicted molar refractivity (Wildman–Crippen MR) is 68.9 cm³/mol. The van der Waals surface area contributed by atoms with E-state index < -0.39 is 5.97 Å². The summed E-state index contributed by atoms with van der Waals surface area (Å²) in [6, 6.07) is 6.12. The van der Waals surface area contributed by atoms with Crippen molar-refractivity contribution in [2.24, 2.45) is 11.7 Å². The molecule has 0 aromatic heterocycles. The largest absolute Gasteiger partial charge is 0.481 e. The van der Waals surface area contributed by atoms with Gasteiger partial charge in [0, 0.05) is 12.5 Å². The number of carbonyl (C=O) groups is 1. The van der Waals surface area contributed by atoms with Gasteiger partial charge >= 0.3 is 5.97 Å². The first-order valence-electron chi connectivity index (χ1n) is 5.94. The molecule has 0 fully saturated rings. The predicted octanol–water partition coefficient (Wildman–Crippen LogP) is 2.80. The maximum absolute atomic E-state index is 10.6. The fourth-order valence-corrected chi connectivity index (χ4v) is 2.18. The van der Waals surface area contributed by atoms with Crippen LogP contribution in [0.5, 0.6) is 0 Å². The quantitative estimate of drug-likeness (QED) is 0.824. The lowest BCUT2D eigenvalue weighted by atomic mass is 9.91. The molecular formula is C14H21NO2. The Kier molecular flexibility index (Phi) is 4.70. The van der Waals surface area contributed by atoms with Crippen LogP contribution < -0.4 is 5.73 Å². The van der Waals surface area contributed by atoms with E-state index in [1.807, 2.05) is 26.0 Å². The number of rotatable bonds is 5. The Bertz CT molecular complexity index is 401. The molecule has 1 aromatic carbocycles. The van der Waals surface area contributed by atoms with Crippen molar-refractivity contribution in [2.75, 3.05) is 0 Å². The third-order valence-electron chi connectivity index (χ3n) is 3.00. The van der Waals surface area contributed by atoms with E-state index in [1.54, 1.807) is 0 Å². The summed E-state index contributed by atoms with van der Waals surface area (Å²) in [5.41, 5.74) is 9.65. The highest BCUT2D eigenvalue weighted by molar-refractivity contribution is 5.66. The second-order valence-electron chi connectivity index (χ2n) is 4.91. The van der Waals surface area contributed by atoms with Crippen molar-refractivity contribution >= 4 is 5.97 Å². The van der Waals surface area contributed by atoms with Crippen LogP contribution in [-0.4, -0.2) is 11.1 Å². The van der Waals surface area contributed by atoms with Crippen molar-refractivity contribution in [1.29, 1.82) is 0 Å². The molecule has 0 amide bonds. The molecule has 3 heteroatoms. The fraction of sp³-hybridized carbons (Fsp3) is 0.500. The summed E-state index contributed by atoms with van der Waals surface area (Å²) in [6.07, 6.45) is 0.884. The first-order chi connectivity index (χ1) is 7.90. The summed E-state index contributed by atoms with van der Waals surface area (Å²) in [6.45, 7) is 6.02. The number of hydrogen-bond acceptors (Lipinski definition) is 2. The number of benzene rings is 1. The molecule has 0 spiro atoms. The molecule has 0 saturated carbocycles. The maximum atomic E-state index is 10.6. The van der Waals surface area contributed by atoms with Crippen LogP contribution in [0.15, 0.2) is 18.2 Å². The minimum atomic E-state index is -0.759. The molecule has 17 heavy (non-hydrogen) atoms. The molecule has 0 radical (unpaired) electrons. The van der Waals surface area contributed by atoms with Crippen molar-refractivity contribution in [3.63, 3.8) is 0 Å². The lowest BCUT2D eigenvalue weighted by Crippen LogP contribution is -2.17. The Hall–Kier alpha value is -1.35. The third-order valence-corrected chi connectivity index (χ3v) is 3.00. The molecule has 0 bridgehead atoms. The van der Waals surface area contributed by atoms with Gasteiger partial charge in [0.2, 0.25) is 0 Å². The normalized spacial score (nSPS) is 14.4. The van der Waals surface area contributed by atoms with Crippen LogP contribution in [0, 0.1) is 19.8 Å². The zero-order valence-corrected chi connectivity index (χ0v) is 10.7. The maximum Gasteiger partial charge on any atom is 0.303 e. The lowest BCUT2D eigenvalue weighted by molar-refractivity contribution is -0.138. The van der Waals surface area contributed by atoms with Crippen LogP contribution in [0.1, 0.15) is 42.5 Å². The number of aliphatic carboxylic acids is 1. The molecule has 0 aliphatic rings. The number of aryl methyl sites for hydroxylation is 2. The molecule has 3 N–H and O–H groups in total. The minimum Gasteiger partial charge on any atom is -0.481 e. The number of nitrogens with two attached hydrogens (primary N) is 1. The highest BCUT2D eigenvalue weighted by atomic mass is 16.4. The Morgan fingerprint density at radius 3 is 2.59 bits per heavy atom. The zero-order valence-electron chi connectivity index (χ0n) is 10.7. The van der Waals surface area contributed by atoms with E-state index in [0.717, 1.165) is 5.56 Å². The molecule has 0 aliphatic heterocycles. The summed E-state index contributed by atoms with van der Waals surface area (Å²) in [5.74, 6) is -0.659.